The Morgan fingerprint density at radius 1 is 0.897 bits per heavy atom. The van der Waals surface area contributed by atoms with Gasteiger partial charge in [-0.15, -0.1) is 0 Å². The molecule has 1 amide bonds. The van der Waals surface area contributed by atoms with Gasteiger partial charge in [0.15, 0.2) is 0 Å². The van der Waals surface area contributed by atoms with E-state index < -0.39 is 5.91 Å². The molecule has 140 valence electrons. The van der Waals surface area contributed by atoms with Gasteiger partial charge in [-0.05, 0) is 70.3 Å². The lowest BCUT2D eigenvalue weighted by Crippen LogP contribution is -2.14. The summed E-state index contributed by atoms with van der Waals surface area (Å²) in [6, 6.07) is 26.1. The summed E-state index contributed by atoms with van der Waals surface area (Å²) in [5.41, 5.74) is 3.68. The van der Waals surface area contributed by atoms with Crippen molar-refractivity contribution in [3.05, 3.63) is 95.1 Å². The van der Waals surface area contributed by atoms with Gasteiger partial charge in [0.2, 0.25) is 0 Å². The van der Waals surface area contributed by atoms with E-state index in [1.54, 1.807) is 6.08 Å². The molecule has 0 saturated heterocycles. The molecule has 3 heteroatoms. The summed E-state index contributed by atoms with van der Waals surface area (Å²) in [5, 5.41) is 16.8. The highest BCUT2D eigenvalue weighted by Gasteiger charge is 2.13. The number of nitriles is 1. The van der Waals surface area contributed by atoms with Crippen molar-refractivity contribution in [2.45, 2.75) is 13.8 Å². The van der Waals surface area contributed by atoms with Gasteiger partial charge < -0.3 is 5.32 Å². The third-order valence-corrected chi connectivity index (χ3v) is 5.11. The zero-order valence-electron chi connectivity index (χ0n) is 16.4. The number of hydrogen-bond donors (Lipinski definition) is 1. The van der Waals surface area contributed by atoms with Crippen molar-refractivity contribution in [3.63, 3.8) is 0 Å². The van der Waals surface area contributed by atoms with Crippen molar-refractivity contribution in [3.8, 4) is 6.07 Å². The zero-order chi connectivity index (χ0) is 20.4. The maximum absolute atomic E-state index is 12.9. The van der Waals surface area contributed by atoms with E-state index in [0.29, 0.717) is 0 Å². The Kier molecular flexibility index (Phi) is 4.85. The number of benzene rings is 4. The standard InChI is InChI=1S/C26H20N2O/c1-17-11-12-18(2)25(13-17)28-26(29)21(16-27)15-24-22-9-5-3-7-19(22)14-20-8-4-6-10-23(20)24/h3-15H,1-2H3,(H,28,29)/b21-15+. The number of anilines is 1. The lowest BCUT2D eigenvalue weighted by molar-refractivity contribution is -0.112. The number of amides is 1. The molecule has 0 saturated carbocycles. The lowest BCUT2D eigenvalue weighted by Gasteiger charge is -2.11. The molecule has 0 aromatic heterocycles. The Morgan fingerprint density at radius 2 is 1.52 bits per heavy atom. The van der Waals surface area contributed by atoms with E-state index in [2.05, 4.69) is 17.5 Å². The number of nitrogens with one attached hydrogen (secondary N) is 1. The van der Waals surface area contributed by atoms with Crippen molar-refractivity contribution in [2.24, 2.45) is 0 Å². The topological polar surface area (TPSA) is 52.9 Å². The first kappa shape index (κ1) is 18.5. The van der Waals surface area contributed by atoms with E-state index in [9.17, 15) is 10.1 Å². The normalized spacial score (nSPS) is 11.4. The summed E-state index contributed by atoms with van der Waals surface area (Å²) in [6.07, 6.45) is 1.70. The Bertz CT molecular complexity index is 1270. The molecule has 1 N–H and O–H groups in total. The van der Waals surface area contributed by atoms with Crippen LogP contribution in [-0.4, -0.2) is 5.91 Å². The SMILES string of the molecule is Cc1ccc(C)c(NC(=O)/C(C#N)=C/c2c3ccccc3cc3ccccc23)c1. The highest BCUT2D eigenvalue weighted by molar-refractivity contribution is 6.14. The van der Waals surface area contributed by atoms with Crippen LogP contribution in [0.4, 0.5) is 5.69 Å². The number of rotatable bonds is 3. The average Bonchev–Trinajstić information content (AvgIpc) is 2.73. The molecule has 0 aliphatic heterocycles. The van der Waals surface area contributed by atoms with Crippen LogP contribution in [0.25, 0.3) is 27.6 Å². The monoisotopic (exact) mass is 376 g/mol. The molecule has 0 bridgehead atoms. The minimum absolute atomic E-state index is 0.0763. The average molecular weight is 376 g/mol. The molecule has 0 atom stereocenters. The first-order valence-electron chi connectivity index (χ1n) is 9.48. The number of aryl methyl sites for hydroxylation is 2. The van der Waals surface area contributed by atoms with Crippen LogP contribution in [-0.2, 0) is 4.79 Å². The minimum atomic E-state index is -0.404. The van der Waals surface area contributed by atoms with Crippen LogP contribution in [0.2, 0.25) is 0 Å². The molecule has 4 aromatic rings. The zero-order valence-corrected chi connectivity index (χ0v) is 16.4. The summed E-state index contributed by atoms with van der Waals surface area (Å²) in [5.74, 6) is -0.404. The van der Waals surface area contributed by atoms with Gasteiger partial charge in [-0.25, -0.2) is 0 Å². The van der Waals surface area contributed by atoms with Crippen LogP contribution in [0.5, 0.6) is 0 Å². The van der Waals surface area contributed by atoms with Gasteiger partial charge in [0, 0.05) is 5.69 Å². The Hall–Kier alpha value is -3.90. The fraction of sp³-hybridized carbons (Fsp3) is 0.0769. The van der Waals surface area contributed by atoms with Crippen LogP contribution < -0.4 is 5.32 Å². The highest BCUT2D eigenvalue weighted by Crippen LogP contribution is 2.30. The summed E-state index contributed by atoms with van der Waals surface area (Å²) < 4.78 is 0. The van der Waals surface area contributed by atoms with Gasteiger partial charge in [-0.2, -0.15) is 5.26 Å². The van der Waals surface area contributed by atoms with E-state index in [-0.39, 0.29) is 5.57 Å². The fourth-order valence-corrected chi connectivity index (χ4v) is 3.56. The van der Waals surface area contributed by atoms with Crippen LogP contribution in [0.3, 0.4) is 0 Å². The molecule has 3 nitrogen and oxygen atoms in total. The summed E-state index contributed by atoms with van der Waals surface area (Å²) in [6.45, 7) is 3.90. The molecule has 0 unspecified atom stereocenters. The molecular weight excluding hydrogens is 356 g/mol. The molecule has 4 aromatic carbocycles. The highest BCUT2D eigenvalue weighted by atomic mass is 16.1. The summed E-state index contributed by atoms with van der Waals surface area (Å²) >= 11 is 0. The van der Waals surface area contributed by atoms with Crippen molar-refractivity contribution in [1.29, 1.82) is 5.26 Å². The van der Waals surface area contributed by atoms with Crippen molar-refractivity contribution in [2.75, 3.05) is 5.32 Å². The van der Waals surface area contributed by atoms with Gasteiger partial charge in [0.05, 0.1) is 0 Å². The van der Waals surface area contributed by atoms with E-state index in [4.69, 9.17) is 0 Å². The van der Waals surface area contributed by atoms with E-state index in [1.165, 1.54) is 0 Å². The van der Waals surface area contributed by atoms with Gasteiger partial charge in [0.25, 0.3) is 5.91 Å². The Morgan fingerprint density at radius 3 is 2.14 bits per heavy atom. The molecule has 0 radical (unpaired) electrons. The van der Waals surface area contributed by atoms with Crippen molar-refractivity contribution >= 4 is 39.2 Å². The first-order valence-corrected chi connectivity index (χ1v) is 9.48. The van der Waals surface area contributed by atoms with Crippen LogP contribution in [0.15, 0.2) is 78.4 Å². The quantitative estimate of drug-likeness (QED) is 0.265. The van der Waals surface area contributed by atoms with Crippen LogP contribution in [0.1, 0.15) is 16.7 Å². The van der Waals surface area contributed by atoms with Crippen molar-refractivity contribution < 1.29 is 4.79 Å². The predicted molar refractivity (Wildman–Crippen MR) is 120 cm³/mol. The molecule has 0 aliphatic rings. The summed E-state index contributed by atoms with van der Waals surface area (Å²) in [7, 11) is 0. The molecule has 4 rings (SSSR count). The Balaban J connectivity index is 1.84. The Labute approximate surface area is 169 Å². The number of carbonyl (C=O) groups excluding carboxylic acids is 1. The second kappa shape index (κ2) is 7.61. The third-order valence-electron chi connectivity index (χ3n) is 5.11. The molecule has 0 heterocycles. The number of fused-ring (bicyclic) bond motifs is 2. The minimum Gasteiger partial charge on any atom is -0.321 e. The van der Waals surface area contributed by atoms with Gasteiger partial charge in [0.1, 0.15) is 11.6 Å². The lowest BCUT2D eigenvalue weighted by atomic mass is 9.95. The number of nitrogens with zero attached hydrogens (tertiary/aromatic N) is 1. The predicted octanol–water partition coefficient (Wildman–Crippen LogP) is 6.16. The second-order valence-electron chi connectivity index (χ2n) is 7.17. The molecule has 0 fully saturated rings. The van der Waals surface area contributed by atoms with Gasteiger partial charge in [-0.1, -0.05) is 60.7 Å². The van der Waals surface area contributed by atoms with Gasteiger partial charge in [-0.3, -0.25) is 4.79 Å². The number of hydrogen-bond acceptors (Lipinski definition) is 2. The van der Waals surface area contributed by atoms with Gasteiger partial charge >= 0.3 is 0 Å². The van der Waals surface area contributed by atoms with Crippen molar-refractivity contribution in [1.82, 2.24) is 0 Å². The van der Waals surface area contributed by atoms with E-state index in [0.717, 1.165) is 43.9 Å². The van der Waals surface area contributed by atoms with Crippen LogP contribution >= 0.6 is 0 Å². The van der Waals surface area contributed by atoms with Crippen LogP contribution in [0, 0.1) is 25.2 Å². The fourth-order valence-electron chi connectivity index (χ4n) is 3.56. The second-order valence-corrected chi connectivity index (χ2v) is 7.17. The largest absolute Gasteiger partial charge is 0.321 e. The number of carbonyl (C=O) groups is 1. The molecule has 0 spiro atoms. The summed E-state index contributed by atoms with van der Waals surface area (Å²) in [4.78, 5) is 12.9. The first-order chi connectivity index (χ1) is 14.1. The van der Waals surface area contributed by atoms with E-state index in [1.807, 2.05) is 80.6 Å². The molecule has 29 heavy (non-hydrogen) atoms. The van der Waals surface area contributed by atoms with E-state index >= 15 is 0 Å². The third kappa shape index (κ3) is 3.61. The molecular formula is C26H20N2O. The maximum atomic E-state index is 12.9. The molecule has 0 aliphatic carbocycles. The maximum Gasteiger partial charge on any atom is 0.266 e. The smallest absolute Gasteiger partial charge is 0.266 e.